The summed E-state index contributed by atoms with van der Waals surface area (Å²) in [6.45, 7) is 7.00. The number of nitrogens with one attached hydrogen (secondary N) is 1. The molecule has 5 heteroatoms. The number of hydrogen-bond acceptors (Lipinski definition) is 4. The molecule has 0 aromatic carbocycles. The summed E-state index contributed by atoms with van der Waals surface area (Å²) in [5, 5.41) is 7.30. The molecule has 1 atom stereocenters. The van der Waals surface area contributed by atoms with Gasteiger partial charge >= 0.3 is 0 Å². The fourth-order valence-corrected chi connectivity index (χ4v) is 3.40. The van der Waals surface area contributed by atoms with Crippen molar-refractivity contribution in [2.24, 2.45) is 5.92 Å². The van der Waals surface area contributed by atoms with Gasteiger partial charge in [0.15, 0.2) is 5.78 Å². The van der Waals surface area contributed by atoms with Crippen LogP contribution in [0, 0.1) is 19.8 Å². The van der Waals surface area contributed by atoms with Gasteiger partial charge in [0.2, 0.25) is 0 Å². The zero-order chi connectivity index (χ0) is 16.2. The number of likely N-dealkylation sites (tertiary alicyclic amines) is 1. The van der Waals surface area contributed by atoms with Crippen molar-refractivity contribution in [3.8, 4) is 0 Å². The van der Waals surface area contributed by atoms with E-state index in [4.69, 9.17) is 0 Å². The number of aromatic amines is 1. The molecule has 2 aromatic rings. The van der Waals surface area contributed by atoms with Crippen molar-refractivity contribution in [3.63, 3.8) is 0 Å². The average molecular weight is 312 g/mol. The first-order valence-electron chi connectivity index (χ1n) is 8.33. The van der Waals surface area contributed by atoms with E-state index in [1.54, 1.807) is 6.20 Å². The SMILES string of the molecule is Cc1n[nH]c(C)c1CCN1CCC[C@@H](C(=O)c2ccccn2)C1. The Bertz CT molecular complexity index is 645. The number of aryl methyl sites for hydroxylation is 2. The second-order valence-corrected chi connectivity index (χ2v) is 6.38. The van der Waals surface area contributed by atoms with Crippen LogP contribution < -0.4 is 0 Å². The molecule has 0 radical (unpaired) electrons. The van der Waals surface area contributed by atoms with E-state index in [1.807, 2.05) is 25.1 Å². The summed E-state index contributed by atoms with van der Waals surface area (Å²) in [6.07, 6.45) is 4.72. The molecule has 5 nitrogen and oxygen atoms in total. The summed E-state index contributed by atoms with van der Waals surface area (Å²) < 4.78 is 0. The quantitative estimate of drug-likeness (QED) is 0.862. The number of rotatable bonds is 5. The normalized spacial score (nSPS) is 19.0. The molecular formula is C18H24N4O. The Hall–Kier alpha value is -2.01. The topological polar surface area (TPSA) is 61.9 Å². The molecule has 0 aliphatic carbocycles. The lowest BCUT2D eigenvalue weighted by atomic mass is 9.91. The lowest BCUT2D eigenvalue weighted by Gasteiger charge is -2.31. The Morgan fingerprint density at radius 2 is 2.26 bits per heavy atom. The molecule has 0 spiro atoms. The number of aromatic nitrogens is 3. The monoisotopic (exact) mass is 312 g/mol. The first-order chi connectivity index (χ1) is 11.1. The van der Waals surface area contributed by atoms with Crippen LogP contribution in [0.1, 0.15) is 40.3 Å². The number of carbonyl (C=O) groups excluding carboxylic acids is 1. The predicted octanol–water partition coefficient (Wildman–Crippen LogP) is 2.56. The summed E-state index contributed by atoms with van der Waals surface area (Å²) in [6, 6.07) is 5.55. The lowest BCUT2D eigenvalue weighted by Crippen LogP contribution is -2.40. The van der Waals surface area contributed by atoms with Crippen molar-refractivity contribution >= 4 is 5.78 Å². The zero-order valence-corrected chi connectivity index (χ0v) is 13.9. The largest absolute Gasteiger partial charge is 0.302 e. The molecule has 3 rings (SSSR count). The van der Waals surface area contributed by atoms with Gasteiger partial charge in [-0.25, -0.2) is 0 Å². The van der Waals surface area contributed by atoms with E-state index >= 15 is 0 Å². The van der Waals surface area contributed by atoms with E-state index in [0.29, 0.717) is 5.69 Å². The van der Waals surface area contributed by atoms with E-state index in [0.717, 1.165) is 50.3 Å². The second kappa shape index (κ2) is 7.04. The van der Waals surface area contributed by atoms with Crippen LogP contribution in [0.2, 0.25) is 0 Å². The number of hydrogen-bond donors (Lipinski definition) is 1. The van der Waals surface area contributed by atoms with Crippen LogP contribution in [0.5, 0.6) is 0 Å². The van der Waals surface area contributed by atoms with Gasteiger partial charge in [-0.1, -0.05) is 6.07 Å². The molecule has 122 valence electrons. The van der Waals surface area contributed by atoms with Gasteiger partial charge < -0.3 is 4.90 Å². The summed E-state index contributed by atoms with van der Waals surface area (Å²) in [4.78, 5) is 19.2. The van der Waals surface area contributed by atoms with Crippen molar-refractivity contribution < 1.29 is 4.79 Å². The van der Waals surface area contributed by atoms with E-state index in [1.165, 1.54) is 5.56 Å². The first kappa shape index (κ1) is 15.9. The minimum absolute atomic E-state index is 0.0743. The van der Waals surface area contributed by atoms with Crippen molar-refractivity contribution in [2.75, 3.05) is 19.6 Å². The van der Waals surface area contributed by atoms with E-state index < -0.39 is 0 Å². The van der Waals surface area contributed by atoms with Crippen LogP contribution in [0.25, 0.3) is 0 Å². The Balaban J connectivity index is 1.59. The number of piperidine rings is 1. The van der Waals surface area contributed by atoms with Crippen LogP contribution in [0.3, 0.4) is 0 Å². The Kier molecular flexibility index (Phi) is 4.86. The number of ketones is 1. The van der Waals surface area contributed by atoms with Crippen LogP contribution >= 0.6 is 0 Å². The fraction of sp³-hybridized carbons (Fsp3) is 0.500. The highest BCUT2D eigenvalue weighted by molar-refractivity contribution is 5.96. The van der Waals surface area contributed by atoms with E-state index in [9.17, 15) is 4.79 Å². The van der Waals surface area contributed by atoms with Crippen molar-refractivity contribution in [2.45, 2.75) is 33.1 Å². The van der Waals surface area contributed by atoms with Crippen LogP contribution in [-0.2, 0) is 6.42 Å². The summed E-state index contributed by atoms with van der Waals surface area (Å²) in [7, 11) is 0. The number of H-pyrrole nitrogens is 1. The molecule has 0 bridgehead atoms. The maximum absolute atomic E-state index is 12.6. The lowest BCUT2D eigenvalue weighted by molar-refractivity contribution is 0.0816. The molecule has 2 aromatic heterocycles. The third-order valence-corrected chi connectivity index (χ3v) is 4.75. The van der Waals surface area contributed by atoms with E-state index in [2.05, 4.69) is 27.0 Å². The standard InChI is InChI=1S/C18H24N4O/c1-13-16(14(2)21-20-13)8-11-22-10-5-6-15(12-22)18(23)17-7-3-4-9-19-17/h3-4,7,9,15H,5-6,8,10-12H2,1-2H3,(H,20,21)/t15-/m1/s1. The first-order valence-corrected chi connectivity index (χ1v) is 8.33. The van der Waals surface area contributed by atoms with Crippen LogP contribution in [0.4, 0.5) is 0 Å². The van der Waals surface area contributed by atoms with Crippen molar-refractivity contribution in [1.29, 1.82) is 0 Å². The third kappa shape index (κ3) is 3.67. The molecule has 1 aliphatic heterocycles. The molecule has 0 unspecified atom stereocenters. The van der Waals surface area contributed by atoms with Crippen molar-refractivity contribution in [3.05, 3.63) is 47.0 Å². The van der Waals surface area contributed by atoms with Gasteiger partial charge in [0.05, 0.1) is 5.69 Å². The Morgan fingerprint density at radius 3 is 2.96 bits per heavy atom. The highest BCUT2D eigenvalue weighted by Gasteiger charge is 2.27. The van der Waals surface area contributed by atoms with Gasteiger partial charge in [-0.3, -0.25) is 14.9 Å². The zero-order valence-electron chi connectivity index (χ0n) is 13.9. The number of nitrogens with zero attached hydrogens (tertiary/aromatic N) is 3. The summed E-state index contributed by atoms with van der Waals surface area (Å²) in [5.74, 6) is 0.260. The number of carbonyl (C=O) groups is 1. The molecule has 0 amide bonds. The maximum Gasteiger partial charge on any atom is 0.185 e. The van der Waals surface area contributed by atoms with Gasteiger partial charge in [-0.15, -0.1) is 0 Å². The second-order valence-electron chi connectivity index (χ2n) is 6.38. The molecule has 23 heavy (non-hydrogen) atoms. The minimum Gasteiger partial charge on any atom is -0.302 e. The maximum atomic E-state index is 12.6. The van der Waals surface area contributed by atoms with Gasteiger partial charge in [0.1, 0.15) is 5.69 Å². The smallest absolute Gasteiger partial charge is 0.185 e. The number of pyridine rings is 1. The molecular weight excluding hydrogens is 288 g/mol. The summed E-state index contributed by atoms with van der Waals surface area (Å²) >= 11 is 0. The van der Waals surface area contributed by atoms with Gasteiger partial charge in [-0.2, -0.15) is 5.10 Å². The third-order valence-electron chi connectivity index (χ3n) is 4.75. The predicted molar refractivity (Wildman–Crippen MR) is 89.5 cm³/mol. The van der Waals surface area contributed by atoms with Crippen LogP contribution in [0.15, 0.2) is 24.4 Å². The fourth-order valence-electron chi connectivity index (χ4n) is 3.40. The molecule has 1 N–H and O–H groups in total. The average Bonchev–Trinajstić information content (AvgIpc) is 2.91. The summed E-state index contributed by atoms with van der Waals surface area (Å²) in [5.41, 5.74) is 4.14. The highest BCUT2D eigenvalue weighted by atomic mass is 16.1. The van der Waals surface area contributed by atoms with E-state index in [-0.39, 0.29) is 11.7 Å². The minimum atomic E-state index is 0.0743. The van der Waals surface area contributed by atoms with Gasteiger partial charge in [0.25, 0.3) is 0 Å². The highest BCUT2D eigenvalue weighted by Crippen LogP contribution is 2.21. The van der Waals surface area contributed by atoms with Gasteiger partial charge in [0, 0.05) is 30.9 Å². The Labute approximate surface area is 137 Å². The van der Waals surface area contributed by atoms with Crippen LogP contribution in [-0.4, -0.2) is 45.5 Å². The molecule has 3 heterocycles. The number of Topliss-reactive ketones (excluding diaryl/α,β-unsaturated/α-hetero) is 1. The molecule has 1 aliphatic rings. The van der Waals surface area contributed by atoms with Crippen molar-refractivity contribution in [1.82, 2.24) is 20.1 Å². The molecule has 0 saturated carbocycles. The molecule has 1 saturated heterocycles. The Morgan fingerprint density at radius 1 is 1.39 bits per heavy atom. The molecule has 1 fully saturated rings. The van der Waals surface area contributed by atoms with Gasteiger partial charge in [-0.05, 0) is 57.4 Å².